The highest BCUT2D eigenvalue weighted by molar-refractivity contribution is 5.77. The molecule has 0 bridgehead atoms. The van der Waals surface area contributed by atoms with Gasteiger partial charge in [-0.1, -0.05) is 6.07 Å². The summed E-state index contributed by atoms with van der Waals surface area (Å²) in [6.07, 6.45) is 3.87. The number of hydrogen-bond donors (Lipinski definition) is 2. The SMILES string of the molecule is C[C@@H](CC(=O)N(C)C)Nc1cn[nH]c1-c1ccccn1. The van der Waals surface area contributed by atoms with E-state index in [1.807, 2.05) is 25.1 Å². The molecular weight excluding hydrogens is 254 g/mol. The largest absolute Gasteiger partial charge is 0.379 e. The van der Waals surface area contributed by atoms with Gasteiger partial charge in [-0.3, -0.25) is 14.9 Å². The van der Waals surface area contributed by atoms with E-state index in [0.717, 1.165) is 17.1 Å². The van der Waals surface area contributed by atoms with Crippen molar-refractivity contribution in [2.45, 2.75) is 19.4 Å². The number of carbonyl (C=O) groups is 1. The monoisotopic (exact) mass is 273 g/mol. The molecule has 20 heavy (non-hydrogen) atoms. The second-order valence-corrected chi connectivity index (χ2v) is 4.91. The first kappa shape index (κ1) is 14.0. The highest BCUT2D eigenvalue weighted by Gasteiger charge is 2.14. The van der Waals surface area contributed by atoms with Crippen LogP contribution in [0.1, 0.15) is 13.3 Å². The van der Waals surface area contributed by atoms with Crippen LogP contribution in [-0.2, 0) is 4.79 Å². The molecule has 2 aromatic rings. The average molecular weight is 273 g/mol. The van der Waals surface area contributed by atoms with E-state index in [9.17, 15) is 4.79 Å². The number of aromatic amines is 1. The lowest BCUT2D eigenvalue weighted by Gasteiger charge is -2.17. The summed E-state index contributed by atoms with van der Waals surface area (Å²) in [5.41, 5.74) is 2.50. The number of anilines is 1. The zero-order valence-corrected chi connectivity index (χ0v) is 11.9. The number of nitrogens with zero attached hydrogens (tertiary/aromatic N) is 3. The average Bonchev–Trinajstić information content (AvgIpc) is 2.87. The Morgan fingerprint density at radius 2 is 2.25 bits per heavy atom. The first-order chi connectivity index (χ1) is 9.58. The van der Waals surface area contributed by atoms with Crippen molar-refractivity contribution >= 4 is 11.6 Å². The van der Waals surface area contributed by atoms with E-state index in [-0.39, 0.29) is 11.9 Å². The Hall–Kier alpha value is -2.37. The molecule has 0 saturated heterocycles. The van der Waals surface area contributed by atoms with Crippen molar-refractivity contribution in [3.05, 3.63) is 30.6 Å². The summed E-state index contributed by atoms with van der Waals surface area (Å²) in [5, 5.41) is 10.3. The van der Waals surface area contributed by atoms with Gasteiger partial charge >= 0.3 is 0 Å². The number of carbonyl (C=O) groups excluding carboxylic acids is 1. The van der Waals surface area contributed by atoms with E-state index in [1.54, 1.807) is 31.4 Å². The summed E-state index contributed by atoms with van der Waals surface area (Å²) < 4.78 is 0. The van der Waals surface area contributed by atoms with Gasteiger partial charge in [-0.25, -0.2) is 0 Å². The molecule has 2 heterocycles. The quantitative estimate of drug-likeness (QED) is 0.870. The summed E-state index contributed by atoms with van der Waals surface area (Å²) in [4.78, 5) is 17.6. The first-order valence-corrected chi connectivity index (χ1v) is 6.49. The normalized spacial score (nSPS) is 11.9. The third-order valence-corrected chi connectivity index (χ3v) is 2.94. The summed E-state index contributed by atoms with van der Waals surface area (Å²) in [6.45, 7) is 1.97. The van der Waals surface area contributed by atoms with Gasteiger partial charge in [0.2, 0.25) is 5.91 Å². The fraction of sp³-hybridized carbons (Fsp3) is 0.357. The summed E-state index contributed by atoms with van der Waals surface area (Å²) >= 11 is 0. The van der Waals surface area contributed by atoms with Crippen LogP contribution in [0.2, 0.25) is 0 Å². The van der Waals surface area contributed by atoms with Crippen LogP contribution in [0.25, 0.3) is 11.4 Å². The molecule has 0 aromatic carbocycles. The predicted molar refractivity (Wildman–Crippen MR) is 78.2 cm³/mol. The Morgan fingerprint density at radius 1 is 1.45 bits per heavy atom. The predicted octanol–water partition coefficient (Wildman–Crippen LogP) is 1.75. The molecule has 0 spiro atoms. The van der Waals surface area contributed by atoms with E-state index >= 15 is 0 Å². The summed E-state index contributed by atoms with van der Waals surface area (Å²) in [7, 11) is 3.51. The molecule has 106 valence electrons. The Kier molecular flexibility index (Phi) is 4.34. The minimum absolute atomic E-state index is 0.0185. The number of hydrogen-bond acceptors (Lipinski definition) is 4. The van der Waals surface area contributed by atoms with Crippen LogP contribution in [0.15, 0.2) is 30.6 Å². The lowest BCUT2D eigenvalue weighted by Crippen LogP contribution is -2.28. The Bertz CT molecular complexity index is 564. The Balaban J connectivity index is 2.08. The maximum Gasteiger partial charge on any atom is 0.224 e. The van der Waals surface area contributed by atoms with Gasteiger partial charge < -0.3 is 10.2 Å². The maximum atomic E-state index is 11.7. The first-order valence-electron chi connectivity index (χ1n) is 6.49. The number of amides is 1. The Labute approximate surface area is 118 Å². The van der Waals surface area contributed by atoms with Gasteiger partial charge in [-0.15, -0.1) is 0 Å². The highest BCUT2D eigenvalue weighted by atomic mass is 16.2. The van der Waals surface area contributed by atoms with Crippen LogP contribution in [0, 0.1) is 0 Å². The van der Waals surface area contributed by atoms with Crippen LogP contribution in [0.5, 0.6) is 0 Å². The van der Waals surface area contributed by atoms with E-state index < -0.39 is 0 Å². The van der Waals surface area contributed by atoms with Crippen LogP contribution in [0.4, 0.5) is 5.69 Å². The van der Waals surface area contributed by atoms with Gasteiger partial charge in [0.15, 0.2) is 0 Å². The van der Waals surface area contributed by atoms with Gasteiger partial charge in [-0.2, -0.15) is 5.10 Å². The minimum atomic E-state index is 0.0185. The number of nitrogens with one attached hydrogen (secondary N) is 2. The highest BCUT2D eigenvalue weighted by Crippen LogP contribution is 2.24. The number of H-pyrrole nitrogens is 1. The van der Waals surface area contributed by atoms with Gasteiger partial charge in [0, 0.05) is 32.8 Å². The number of rotatable bonds is 5. The van der Waals surface area contributed by atoms with Gasteiger partial charge in [0.25, 0.3) is 0 Å². The second kappa shape index (κ2) is 6.18. The standard InChI is InChI=1S/C14H19N5O/c1-10(8-13(20)19(2)3)17-12-9-16-18-14(12)11-6-4-5-7-15-11/h4-7,9-10,17H,8H2,1-3H3,(H,16,18)/t10-/m0/s1. The fourth-order valence-electron chi connectivity index (χ4n) is 1.86. The lowest BCUT2D eigenvalue weighted by atomic mass is 10.2. The van der Waals surface area contributed by atoms with Crippen LogP contribution < -0.4 is 5.32 Å². The topological polar surface area (TPSA) is 73.9 Å². The van der Waals surface area contributed by atoms with Crippen molar-refractivity contribution < 1.29 is 4.79 Å². The van der Waals surface area contributed by atoms with Crippen molar-refractivity contribution in [3.63, 3.8) is 0 Å². The molecule has 0 aliphatic rings. The molecular formula is C14H19N5O. The zero-order chi connectivity index (χ0) is 14.5. The Morgan fingerprint density at radius 3 is 2.90 bits per heavy atom. The van der Waals surface area contributed by atoms with E-state index in [2.05, 4.69) is 20.5 Å². The van der Waals surface area contributed by atoms with Crippen LogP contribution in [0.3, 0.4) is 0 Å². The van der Waals surface area contributed by atoms with E-state index in [0.29, 0.717) is 6.42 Å². The molecule has 0 radical (unpaired) electrons. The van der Waals surface area contributed by atoms with E-state index in [4.69, 9.17) is 0 Å². The molecule has 1 amide bonds. The molecule has 1 atom stereocenters. The molecule has 6 heteroatoms. The molecule has 0 fully saturated rings. The number of aromatic nitrogens is 3. The van der Waals surface area contributed by atoms with E-state index in [1.165, 1.54) is 0 Å². The van der Waals surface area contributed by atoms with Crippen molar-refractivity contribution in [3.8, 4) is 11.4 Å². The molecule has 2 aromatic heterocycles. The molecule has 0 saturated carbocycles. The van der Waals surface area contributed by atoms with Crippen molar-refractivity contribution in [1.29, 1.82) is 0 Å². The fourth-order valence-corrected chi connectivity index (χ4v) is 1.86. The molecule has 6 nitrogen and oxygen atoms in total. The number of pyridine rings is 1. The van der Waals surface area contributed by atoms with Crippen LogP contribution in [-0.4, -0.2) is 46.1 Å². The molecule has 2 rings (SSSR count). The van der Waals surface area contributed by atoms with Crippen molar-refractivity contribution in [2.75, 3.05) is 19.4 Å². The third kappa shape index (κ3) is 3.34. The minimum Gasteiger partial charge on any atom is -0.379 e. The van der Waals surface area contributed by atoms with Crippen LogP contribution >= 0.6 is 0 Å². The zero-order valence-electron chi connectivity index (χ0n) is 11.9. The molecule has 0 aliphatic heterocycles. The van der Waals surface area contributed by atoms with Crippen molar-refractivity contribution in [1.82, 2.24) is 20.1 Å². The lowest BCUT2D eigenvalue weighted by molar-refractivity contribution is -0.128. The van der Waals surface area contributed by atoms with Gasteiger partial charge in [0.1, 0.15) is 5.69 Å². The van der Waals surface area contributed by atoms with Crippen molar-refractivity contribution in [2.24, 2.45) is 0 Å². The van der Waals surface area contributed by atoms with Gasteiger partial charge in [-0.05, 0) is 19.1 Å². The van der Waals surface area contributed by atoms with Gasteiger partial charge in [0.05, 0.1) is 17.6 Å². The molecule has 0 unspecified atom stereocenters. The summed E-state index contributed by atoms with van der Waals surface area (Å²) in [5.74, 6) is 0.0906. The molecule has 0 aliphatic carbocycles. The maximum absolute atomic E-state index is 11.7. The third-order valence-electron chi connectivity index (χ3n) is 2.94. The summed E-state index contributed by atoms with van der Waals surface area (Å²) in [6, 6.07) is 5.72. The second-order valence-electron chi connectivity index (χ2n) is 4.91. The smallest absolute Gasteiger partial charge is 0.224 e. The molecule has 2 N–H and O–H groups in total.